The molecule has 1 aromatic rings. The fourth-order valence-corrected chi connectivity index (χ4v) is 3.04. The number of anilines is 1. The van der Waals surface area contributed by atoms with Crippen molar-refractivity contribution in [1.29, 1.82) is 0 Å². The van der Waals surface area contributed by atoms with E-state index in [0.29, 0.717) is 11.8 Å². The maximum Gasteiger partial charge on any atom is 0.412 e. The lowest BCUT2D eigenvalue weighted by atomic mass is 10.0. The van der Waals surface area contributed by atoms with Gasteiger partial charge in [-0.15, -0.1) is 0 Å². The number of carbonyl (C=O) groups is 1. The molecule has 0 heterocycles. The van der Waals surface area contributed by atoms with Crippen molar-refractivity contribution in [1.82, 2.24) is 0 Å². The van der Waals surface area contributed by atoms with Crippen LogP contribution in [0, 0.1) is 11.3 Å². The summed E-state index contributed by atoms with van der Waals surface area (Å²) in [6, 6.07) is 7.96. The third-order valence-corrected chi connectivity index (χ3v) is 4.22. The molecule has 2 atom stereocenters. The summed E-state index contributed by atoms with van der Waals surface area (Å²) in [6.45, 7) is 10.8. The number of benzene rings is 1. The molecule has 1 saturated carbocycles. The van der Waals surface area contributed by atoms with E-state index in [0.717, 1.165) is 12.2 Å². The van der Waals surface area contributed by atoms with Crippen LogP contribution in [0.25, 0.3) is 0 Å². The molecule has 4 heteroatoms. The first-order valence-electron chi connectivity index (χ1n) is 7.45. The number of nitrogens with one attached hydrogen (secondary N) is 1. The molecular weight excluding hydrogens is 264 g/mol. The first-order chi connectivity index (χ1) is 9.65. The van der Waals surface area contributed by atoms with Crippen molar-refractivity contribution in [2.75, 3.05) is 11.9 Å². The zero-order valence-electron chi connectivity index (χ0n) is 13.6. The van der Waals surface area contributed by atoms with Gasteiger partial charge < -0.3 is 10.5 Å². The van der Waals surface area contributed by atoms with Gasteiger partial charge in [0.25, 0.3) is 0 Å². The minimum atomic E-state index is -0.490. The summed E-state index contributed by atoms with van der Waals surface area (Å²) in [5.74, 6) is 1.06. The van der Waals surface area contributed by atoms with E-state index in [1.165, 1.54) is 5.56 Å². The van der Waals surface area contributed by atoms with Crippen LogP contribution in [-0.4, -0.2) is 18.2 Å². The maximum absolute atomic E-state index is 11.7. The van der Waals surface area contributed by atoms with Crippen LogP contribution in [0.2, 0.25) is 0 Å². The Labute approximate surface area is 127 Å². The fraction of sp³-hybridized carbons (Fsp3) is 0.588. The van der Waals surface area contributed by atoms with Gasteiger partial charge in [0.05, 0.1) is 0 Å². The molecule has 2 rings (SSSR count). The van der Waals surface area contributed by atoms with Gasteiger partial charge in [0.1, 0.15) is 5.60 Å². The molecule has 0 radical (unpaired) electrons. The van der Waals surface area contributed by atoms with Gasteiger partial charge in [-0.05, 0) is 62.3 Å². The van der Waals surface area contributed by atoms with Gasteiger partial charge in [0.15, 0.2) is 0 Å². The van der Waals surface area contributed by atoms with Crippen LogP contribution in [0.15, 0.2) is 24.3 Å². The topological polar surface area (TPSA) is 64.3 Å². The average molecular weight is 290 g/mol. The van der Waals surface area contributed by atoms with Crippen molar-refractivity contribution < 1.29 is 9.53 Å². The third kappa shape index (κ3) is 3.56. The molecule has 2 unspecified atom stereocenters. The quantitative estimate of drug-likeness (QED) is 0.891. The smallest absolute Gasteiger partial charge is 0.412 e. The van der Waals surface area contributed by atoms with Crippen molar-refractivity contribution in [3.8, 4) is 0 Å². The molecule has 0 aliphatic heterocycles. The van der Waals surface area contributed by atoms with E-state index < -0.39 is 11.7 Å². The second-order valence-corrected chi connectivity index (χ2v) is 7.39. The summed E-state index contributed by atoms with van der Waals surface area (Å²) in [7, 11) is 0. The summed E-state index contributed by atoms with van der Waals surface area (Å²) < 4.78 is 5.23. The Bertz CT molecular complexity index is 515. The Balaban J connectivity index is 1.99. The van der Waals surface area contributed by atoms with E-state index in [1.54, 1.807) is 0 Å². The van der Waals surface area contributed by atoms with Crippen molar-refractivity contribution >= 4 is 11.8 Å². The second-order valence-electron chi connectivity index (χ2n) is 7.39. The minimum absolute atomic E-state index is 0.273. The molecule has 1 aliphatic carbocycles. The molecule has 0 bridgehead atoms. The van der Waals surface area contributed by atoms with Crippen molar-refractivity contribution in [3.05, 3.63) is 29.8 Å². The second kappa shape index (κ2) is 5.34. The van der Waals surface area contributed by atoms with Gasteiger partial charge >= 0.3 is 6.09 Å². The molecule has 4 nitrogen and oxygen atoms in total. The number of nitrogens with two attached hydrogens (primary N) is 1. The molecule has 1 aromatic carbocycles. The molecule has 116 valence electrons. The van der Waals surface area contributed by atoms with Gasteiger partial charge in [-0.3, -0.25) is 5.32 Å². The molecule has 0 aromatic heterocycles. The van der Waals surface area contributed by atoms with Crippen molar-refractivity contribution in [2.24, 2.45) is 17.1 Å². The highest BCUT2D eigenvalue weighted by atomic mass is 16.6. The van der Waals surface area contributed by atoms with Gasteiger partial charge in [-0.1, -0.05) is 26.0 Å². The van der Waals surface area contributed by atoms with Crippen molar-refractivity contribution in [3.63, 3.8) is 0 Å². The molecular formula is C17H26N2O2. The van der Waals surface area contributed by atoms with Crippen LogP contribution < -0.4 is 11.1 Å². The number of amides is 1. The molecule has 1 fully saturated rings. The van der Waals surface area contributed by atoms with Crippen LogP contribution in [0.3, 0.4) is 0 Å². The largest absolute Gasteiger partial charge is 0.444 e. The summed E-state index contributed by atoms with van der Waals surface area (Å²) in [6.07, 6.45) is -0.429. The minimum Gasteiger partial charge on any atom is -0.444 e. The predicted molar refractivity (Wildman–Crippen MR) is 85.4 cm³/mol. The van der Waals surface area contributed by atoms with Crippen LogP contribution in [0.1, 0.15) is 46.1 Å². The Kier molecular flexibility index (Phi) is 4.02. The van der Waals surface area contributed by atoms with Gasteiger partial charge in [0.2, 0.25) is 0 Å². The van der Waals surface area contributed by atoms with E-state index in [9.17, 15) is 4.79 Å². The molecule has 1 amide bonds. The zero-order valence-corrected chi connectivity index (χ0v) is 13.6. The van der Waals surface area contributed by atoms with E-state index >= 15 is 0 Å². The number of carbonyl (C=O) groups excluding carboxylic acids is 1. The Morgan fingerprint density at radius 3 is 2.29 bits per heavy atom. The molecule has 21 heavy (non-hydrogen) atoms. The summed E-state index contributed by atoms with van der Waals surface area (Å²) in [4.78, 5) is 11.7. The molecule has 3 N–H and O–H groups in total. The van der Waals surface area contributed by atoms with E-state index in [2.05, 4.69) is 31.3 Å². The molecule has 0 spiro atoms. The van der Waals surface area contributed by atoms with Crippen LogP contribution >= 0.6 is 0 Å². The standard InChI is InChI=1S/C17H26N2O2/c1-16(2,3)21-15(20)19-12-8-6-11(7-9-12)14-13(10-18)17(14,4)5/h6-9,13-14H,10,18H2,1-5H3,(H,19,20). The normalized spacial score (nSPS) is 23.5. The number of hydrogen-bond acceptors (Lipinski definition) is 3. The highest BCUT2D eigenvalue weighted by Crippen LogP contribution is 2.63. The average Bonchev–Trinajstić information content (AvgIpc) is 2.89. The monoisotopic (exact) mass is 290 g/mol. The Morgan fingerprint density at radius 2 is 1.86 bits per heavy atom. The summed E-state index contributed by atoms with van der Waals surface area (Å²) in [5.41, 5.74) is 7.63. The van der Waals surface area contributed by atoms with E-state index in [-0.39, 0.29) is 5.41 Å². The number of ether oxygens (including phenoxy) is 1. The predicted octanol–water partition coefficient (Wildman–Crippen LogP) is 3.73. The van der Waals surface area contributed by atoms with E-state index in [4.69, 9.17) is 10.5 Å². The lowest BCUT2D eigenvalue weighted by molar-refractivity contribution is 0.0636. The first kappa shape index (κ1) is 15.8. The zero-order chi connectivity index (χ0) is 15.8. The van der Waals surface area contributed by atoms with Crippen LogP contribution in [0.5, 0.6) is 0 Å². The maximum atomic E-state index is 11.7. The van der Waals surface area contributed by atoms with Crippen LogP contribution in [-0.2, 0) is 4.74 Å². The van der Waals surface area contributed by atoms with Gasteiger partial charge in [-0.2, -0.15) is 0 Å². The number of rotatable bonds is 3. The van der Waals surface area contributed by atoms with Gasteiger partial charge in [0, 0.05) is 5.69 Å². The SMILES string of the molecule is CC(C)(C)OC(=O)Nc1ccc(C2C(CN)C2(C)C)cc1. The van der Waals surface area contributed by atoms with Crippen LogP contribution in [0.4, 0.5) is 10.5 Å². The Hall–Kier alpha value is -1.55. The third-order valence-electron chi connectivity index (χ3n) is 4.22. The first-order valence-corrected chi connectivity index (χ1v) is 7.45. The lowest BCUT2D eigenvalue weighted by Crippen LogP contribution is -2.27. The molecule has 0 saturated heterocycles. The lowest BCUT2D eigenvalue weighted by Gasteiger charge is -2.19. The van der Waals surface area contributed by atoms with Crippen molar-refractivity contribution in [2.45, 2.75) is 46.1 Å². The highest BCUT2D eigenvalue weighted by molar-refractivity contribution is 5.84. The summed E-state index contributed by atoms with van der Waals surface area (Å²) in [5, 5.41) is 2.75. The molecule has 1 aliphatic rings. The highest BCUT2D eigenvalue weighted by Gasteiger charge is 2.57. The van der Waals surface area contributed by atoms with Gasteiger partial charge in [-0.25, -0.2) is 4.79 Å². The number of hydrogen-bond donors (Lipinski definition) is 2. The Morgan fingerprint density at radius 1 is 1.29 bits per heavy atom. The van der Waals surface area contributed by atoms with E-state index in [1.807, 2.05) is 32.9 Å². The fourth-order valence-electron chi connectivity index (χ4n) is 3.04. The summed E-state index contributed by atoms with van der Waals surface area (Å²) >= 11 is 0.